The molecule has 0 saturated carbocycles. The summed E-state index contributed by atoms with van der Waals surface area (Å²) in [4.78, 5) is 0. The molecule has 4 nitrogen and oxygen atoms in total. The van der Waals surface area contributed by atoms with E-state index in [0.29, 0.717) is 5.56 Å². The molecule has 1 aromatic rings. The molecule has 0 spiro atoms. The predicted octanol–water partition coefficient (Wildman–Crippen LogP) is 2.72. The molecule has 3 N–H and O–H groups in total. The number of ether oxygens (including phenoxy) is 1. The maximum Gasteiger partial charge on any atom is 0.171 e. The van der Waals surface area contributed by atoms with Gasteiger partial charge in [-0.2, -0.15) is 0 Å². The monoisotopic (exact) mass is 286 g/mol. The zero-order chi connectivity index (χ0) is 12.3. The van der Waals surface area contributed by atoms with Crippen LogP contribution in [0.4, 0.5) is 0 Å². The summed E-state index contributed by atoms with van der Waals surface area (Å²) in [7, 11) is 0. The highest BCUT2D eigenvalue weighted by Crippen LogP contribution is 2.25. The van der Waals surface area contributed by atoms with Gasteiger partial charge in [0.2, 0.25) is 0 Å². The first kappa shape index (κ1) is 12.8. The molecule has 0 radical (unpaired) electrons. The van der Waals surface area contributed by atoms with E-state index in [9.17, 15) is 0 Å². The van der Waals surface area contributed by atoms with Crippen molar-refractivity contribution in [3.8, 4) is 5.75 Å². The summed E-state index contributed by atoms with van der Waals surface area (Å²) in [5.74, 6) is 0.794. The Labute approximate surface area is 103 Å². The standard InChI is InChI=1S/C11H15BrN2O2/c1-11(2,3)16-7-4-5-8(9(12)6-7)10(13)14-15/h4-6,15H,1-3H3,(H2,13,14). The molecule has 1 aromatic carbocycles. The number of rotatable bonds is 2. The zero-order valence-electron chi connectivity index (χ0n) is 9.49. The molecule has 5 heteroatoms. The summed E-state index contributed by atoms with van der Waals surface area (Å²) in [6.45, 7) is 5.91. The van der Waals surface area contributed by atoms with Gasteiger partial charge in [-0.25, -0.2) is 0 Å². The third kappa shape index (κ3) is 3.41. The lowest BCUT2D eigenvalue weighted by Gasteiger charge is -2.21. The summed E-state index contributed by atoms with van der Waals surface area (Å²) in [5.41, 5.74) is 5.88. The first-order chi connectivity index (χ1) is 7.33. The minimum Gasteiger partial charge on any atom is -0.488 e. The third-order valence-corrected chi connectivity index (χ3v) is 2.40. The summed E-state index contributed by atoms with van der Waals surface area (Å²) in [6.07, 6.45) is 0. The Bertz CT molecular complexity index is 411. The van der Waals surface area contributed by atoms with Gasteiger partial charge in [0.15, 0.2) is 5.84 Å². The van der Waals surface area contributed by atoms with Crippen molar-refractivity contribution < 1.29 is 9.94 Å². The third-order valence-electron chi connectivity index (χ3n) is 1.75. The molecular formula is C11H15BrN2O2. The van der Waals surface area contributed by atoms with Gasteiger partial charge >= 0.3 is 0 Å². The Morgan fingerprint density at radius 2 is 2.06 bits per heavy atom. The highest BCUT2D eigenvalue weighted by molar-refractivity contribution is 9.10. The second-order valence-corrected chi connectivity index (χ2v) is 5.20. The van der Waals surface area contributed by atoms with E-state index in [2.05, 4.69) is 21.1 Å². The van der Waals surface area contributed by atoms with Crippen LogP contribution < -0.4 is 10.5 Å². The van der Waals surface area contributed by atoms with Crippen molar-refractivity contribution in [2.45, 2.75) is 26.4 Å². The smallest absolute Gasteiger partial charge is 0.171 e. The van der Waals surface area contributed by atoms with Crippen LogP contribution in [0.15, 0.2) is 27.8 Å². The topological polar surface area (TPSA) is 67.8 Å². The van der Waals surface area contributed by atoms with Crippen LogP contribution in [-0.4, -0.2) is 16.6 Å². The number of halogens is 1. The van der Waals surface area contributed by atoms with Crippen molar-refractivity contribution >= 4 is 21.8 Å². The maximum absolute atomic E-state index is 8.58. The molecule has 0 aliphatic rings. The van der Waals surface area contributed by atoms with E-state index in [4.69, 9.17) is 15.7 Å². The van der Waals surface area contributed by atoms with Gasteiger partial charge in [-0.1, -0.05) is 5.16 Å². The summed E-state index contributed by atoms with van der Waals surface area (Å²) in [5, 5.41) is 11.5. The molecule has 0 bridgehead atoms. The van der Waals surface area contributed by atoms with Gasteiger partial charge in [-0.3, -0.25) is 0 Å². The number of hydrogen-bond donors (Lipinski definition) is 2. The lowest BCUT2D eigenvalue weighted by Crippen LogP contribution is -2.23. The van der Waals surface area contributed by atoms with E-state index < -0.39 is 0 Å². The Hall–Kier alpha value is -1.23. The molecular weight excluding hydrogens is 272 g/mol. The van der Waals surface area contributed by atoms with Crippen molar-refractivity contribution in [1.29, 1.82) is 0 Å². The second-order valence-electron chi connectivity index (χ2n) is 4.34. The lowest BCUT2D eigenvalue weighted by molar-refractivity contribution is 0.131. The van der Waals surface area contributed by atoms with E-state index in [1.807, 2.05) is 20.8 Å². The van der Waals surface area contributed by atoms with Crippen LogP contribution >= 0.6 is 15.9 Å². The van der Waals surface area contributed by atoms with Crippen molar-refractivity contribution in [2.75, 3.05) is 0 Å². The number of oxime groups is 1. The number of nitrogens with two attached hydrogens (primary N) is 1. The molecule has 0 amide bonds. The van der Waals surface area contributed by atoms with Gasteiger partial charge in [0.05, 0.1) is 0 Å². The fraction of sp³-hybridized carbons (Fsp3) is 0.364. The van der Waals surface area contributed by atoms with Gasteiger partial charge in [0.25, 0.3) is 0 Å². The maximum atomic E-state index is 8.58. The molecule has 0 saturated heterocycles. The van der Waals surface area contributed by atoms with Crippen molar-refractivity contribution in [2.24, 2.45) is 10.9 Å². The summed E-state index contributed by atoms with van der Waals surface area (Å²) < 4.78 is 6.40. The first-order valence-electron chi connectivity index (χ1n) is 4.80. The Morgan fingerprint density at radius 1 is 1.44 bits per heavy atom. The largest absolute Gasteiger partial charge is 0.488 e. The summed E-state index contributed by atoms with van der Waals surface area (Å²) in [6, 6.07) is 5.31. The quantitative estimate of drug-likeness (QED) is 0.380. The van der Waals surface area contributed by atoms with E-state index in [1.54, 1.807) is 18.2 Å². The van der Waals surface area contributed by atoms with Crippen molar-refractivity contribution in [3.05, 3.63) is 28.2 Å². The van der Waals surface area contributed by atoms with Crippen LogP contribution in [0.25, 0.3) is 0 Å². The number of hydrogen-bond acceptors (Lipinski definition) is 3. The normalized spacial score (nSPS) is 12.6. The SMILES string of the molecule is CC(C)(C)Oc1ccc(/C(N)=N/O)c(Br)c1. The summed E-state index contributed by atoms with van der Waals surface area (Å²) >= 11 is 3.34. The van der Waals surface area contributed by atoms with Gasteiger partial charge in [-0.15, -0.1) is 0 Å². The average Bonchev–Trinajstić information content (AvgIpc) is 2.14. The molecule has 0 aliphatic carbocycles. The van der Waals surface area contributed by atoms with Crippen LogP contribution in [0.2, 0.25) is 0 Å². The minimum atomic E-state index is -0.252. The van der Waals surface area contributed by atoms with E-state index in [1.165, 1.54) is 0 Å². The highest BCUT2D eigenvalue weighted by atomic mass is 79.9. The zero-order valence-corrected chi connectivity index (χ0v) is 11.1. The van der Waals surface area contributed by atoms with Gasteiger partial charge in [0.1, 0.15) is 11.4 Å². The van der Waals surface area contributed by atoms with Gasteiger partial charge in [0, 0.05) is 10.0 Å². The number of amidine groups is 1. The Kier molecular flexibility index (Phi) is 3.80. The minimum absolute atomic E-state index is 0.0641. The number of benzene rings is 1. The predicted molar refractivity (Wildman–Crippen MR) is 67.0 cm³/mol. The molecule has 0 fully saturated rings. The van der Waals surface area contributed by atoms with Gasteiger partial charge < -0.3 is 15.7 Å². The molecule has 0 heterocycles. The molecule has 88 valence electrons. The van der Waals surface area contributed by atoms with E-state index in [-0.39, 0.29) is 11.4 Å². The molecule has 0 unspecified atom stereocenters. The lowest BCUT2D eigenvalue weighted by atomic mass is 10.1. The Morgan fingerprint density at radius 3 is 2.50 bits per heavy atom. The molecule has 0 atom stereocenters. The van der Waals surface area contributed by atoms with E-state index in [0.717, 1.165) is 10.2 Å². The molecule has 0 aromatic heterocycles. The van der Waals surface area contributed by atoms with Crippen LogP contribution in [0, 0.1) is 0 Å². The van der Waals surface area contributed by atoms with Crippen LogP contribution in [0.1, 0.15) is 26.3 Å². The van der Waals surface area contributed by atoms with Crippen LogP contribution in [0.5, 0.6) is 5.75 Å². The second kappa shape index (κ2) is 4.74. The highest BCUT2D eigenvalue weighted by Gasteiger charge is 2.13. The van der Waals surface area contributed by atoms with Gasteiger partial charge in [-0.05, 0) is 54.9 Å². The fourth-order valence-corrected chi connectivity index (χ4v) is 1.74. The average molecular weight is 287 g/mol. The van der Waals surface area contributed by atoms with Crippen molar-refractivity contribution in [3.63, 3.8) is 0 Å². The molecule has 1 rings (SSSR count). The number of nitrogens with zero attached hydrogens (tertiary/aromatic N) is 1. The van der Waals surface area contributed by atoms with Crippen LogP contribution in [0.3, 0.4) is 0 Å². The van der Waals surface area contributed by atoms with E-state index >= 15 is 0 Å². The fourth-order valence-electron chi connectivity index (χ4n) is 1.17. The van der Waals surface area contributed by atoms with Crippen molar-refractivity contribution in [1.82, 2.24) is 0 Å². The Balaban J connectivity index is 3.00. The molecule has 16 heavy (non-hydrogen) atoms. The van der Waals surface area contributed by atoms with Crippen LogP contribution in [-0.2, 0) is 0 Å². The molecule has 0 aliphatic heterocycles. The first-order valence-corrected chi connectivity index (χ1v) is 5.59.